The number of benzene rings is 1. The normalized spacial score (nSPS) is 34.9. The summed E-state index contributed by atoms with van der Waals surface area (Å²) in [5.74, 6) is -0.474. The molecule has 1 aliphatic heterocycles. The van der Waals surface area contributed by atoms with E-state index in [1.165, 1.54) is 5.56 Å². The third-order valence-electron chi connectivity index (χ3n) is 2.93. The highest BCUT2D eigenvalue weighted by atomic mass is 16.7. The number of hydrogen-bond donors (Lipinski definition) is 0. The summed E-state index contributed by atoms with van der Waals surface area (Å²) in [5.41, 5.74) is 1.26. The lowest BCUT2D eigenvalue weighted by molar-refractivity contribution is -0.301. The molecule has 16 heavy (non-hydrogen) atoms. The van der Waals surface area contributed by atoms with Gasteiger partial charge in [-0.1, -0.05) is 30.3 Å². The summed E-state index contributed by atoms with van der Waals surface area (Å²) in [4.78, 5) is 0. The second kappa shape index (κ2) is 4.56. The Hall–Kier alpha value is -0.860. The van der Waals surface area contributed by atoms with E-state index in [9.17, 15) is 0 Å². The first kappa shape index (κ1) is 11.6. The van der Waals surface area contributed by atoms with Crippen LogP contribution >= 0.6 is 0 Å². The minimum atomic E-state index is -0.474. The van der Waals surface area contributed by atoms with Crippen LogP contribution in [0.5, 0.6) is 0 Å². The predicted molar refractivity (Wildman–Crippen MR) is 64.3 cm³/mol. The zero-order valence-electron chi connectivity index (χ0n) is 10.3. The standard InChI is InChI=1S/C14H20O2/c1-11-9-12(2)16-14(3,15-11)10-13-7-5-4-6-8-13/h4-8,11-12H,9-10H2,1-3H3. The maximum absolute atomic E-state index is 5.93. The van der Waals surface area contributed by atoms with E-state index in [1.807, 2.05) is 25.1 Å². The summed E-state index contributed by atoms with van der Waals surface area (Å²) >= 11 is 0. The Balaban J connectivity index is 2.07. The number of hydrogen-bond acceptors (Lipinski definition) is 2. The van der Waals surface area contributed by atoms with Crippen molar-refractivity contribution < 1.29 is 9.47 Å². The Kier molecular flexibility index (Phi) is 3.31. The van der Waals surface area contributed by atoms with Crippen LogP contribution in [0.25, 0.3) is 0 Å². The molecule has 2 rings (SSSR count). The summed E-state index contributed by atoms with van der Waals surface area (Å²) in [6.45, 7) is 6.26. The highest BCUT2D eigenvalue weighted by Crippen LogP contribution is 2.29. The molecule has 1 aromatic carbocycles. The zero-order valence-corrected chi connectivity index (χ0v) is 10.3. The van der Waals surface area contributed by atoms with Gasteiger partial charge in [0.1, 0.15) is 0 Å². The molecule has 1 aliphatic rings. The molecule has 88 valence electrons. The molecule has 0 aliphatic carbocycles. The summed E-state index contributed by atoms with van der Waals surface area (Å²) in [5, 5.41) is 0. The highest BCUT2D eigenvalue weighted by molar-refractivity contribution is 5.16. The van der Waals surface area contributed by atoms with Gasteiger partial charge in [-0.3, -0.25) is 0 Å². The van der Waals surface area contributed by atoms with E-state index in [1.54, 1.807) is 0 Å². The average Bonchev–Trinajstić information content (AvgIpc) is 2.15. The van der Waals surface area contributed by atoms with Crippen LogP contribution in [0.15, 0.2) is 30.3 Å². The first-order valence-electron chi connectivity index (χ1n) is 5.97. The van der Waals surface area contributed by atoms with Gasteiger partial charge in [0.15, 0.2) is 5.79 Å². The zero-order chi connectivity index (χ0) is 11.6. The van der Waals surface area contributed by atoms with Crippen molar-refractivity contribution in [2.45, 2.75) is 51.6 Å². The Labute approximate surface area is 97.6 Å². The second-order valence-corrected chi connectivity index (χ2v) is 4.89. The molecule has 0 N–H and O–H groups in total. The van der Waals surface area contributed by atoms with Gasteiger partial charge < -0.3 is 9.47 Å². The van der Waals surface area contributed by atoms with E-state index < -0.39 is 5.79 Å². The minimum Gasteiger partial charge on any atom is -0.347 e. The van der Waals surface area contributed by atoms with E-state index in [4.69, 9.17) is 9.47 Å². The predicted octanol–water partition coefficient (Wildman–Crippen LogP) is 3.16. The molecule has 1 saturated heterocycles. The van der Waals surface area contributed by atoms with Crippen LogP contribution in [0, 0.1) is 0 Å². The summed E-state index contributed by atoms with van der Waals surface area (Å²) in [6, 6.07) is 10.4. The highest BCUT2D eigenvalue weighted by Gasteiger charge is 2.35. The van der Waals surface area contributed by atoms with Crippen molar-refractivity contribution in [3.63, 3.8) is 0 Å². The molecule has 1 fully saturated rings. The van der Waals surface area contributed by atoms with Gasteiger partial charge in [0, 0.05) is 6.42 Å². The number of ether oxygens (including phenoxy) is 2. The molecular weight excluding hydrogens is 200 g/mol. The maximum Gasteiger partial charge on any atom is 0.170 e. The molecular formula is C14H20O2. The van der Waals surface area contributed by atoms with Crippen molar-refractivity contribution in [2.75, 3.05) is 0 Å². The van der Waals surface area contributed by atoms with Crippen LogP contribution < -0.4 is 0 Å². The summed E-state index contributed by atoms with van der Waals surface area (Å²) in [7, 11) is 0. The quantitative estimate of drug-likeness (QED) is 0.762. The van der Waals surface area contributed by atoms with Gasteiger partial charge in [0.2, 0.25) is 0 Å². The fourth-order valence-corrected chi connectivity index (χ4v) is 2.49. The first-order valence-corrected chi connectivity index (χ1v) is 5.97. The summed E-state index contributed by atoms with van der Waals surface area (Å²) in [6.07, 6.45) is 2.34. The van der Waals surface area contributed by atoms with Gasteiger partial charge in [0.25, 0.3) is 0 Å². The number of rotatable bonds is 2. The molecule has 1 aromatic rings. The fraction of sp³-hybridized carbons (Fsp3) is 0.571. The fourth-order valence-electron chi connectivity index (χ4n) is 2.49. The molecule has 0 radical (unpaired) electrons. The van der Waals surface area contributed by atoms with E-state index >= 15 is 0 Å². The molecule has 2 atom stereocenters. The van der Waals surface area contributed by atoms with E-state index in [0.29, 0.717) is 0 Å². The first-order chi connectivity index (χ1) is 7.57. The average molecular weight is 220 g/mol. The lowest BCUT2D eigenvalue weighted by atomic mass is 10.0. The smallest absolute Gasteiger partial charge is 0.170 e. The van der Waals surface area contributed by atoms with Gasteiger partial charge in [0.05, 0.1) is 12.2 Å². The SMILES string of the molecule is CC1CC(C)OC(C)(Cc2ccccc2)O1. The molecule has 0 bridgehead atoms. The van der Waals surface area contributed by atoms with E-state index in [2.05, 4.69) is 26.0 Å². The minimum absolute atomic E-state index is 0.275. The Morgan fingerprint density at radius 2 is 1.69 bits per heavy atom. The van der Waals surface area contributed by atoms with Crippen LogP contribution in [0.1, 0.15) is 32.8 Å². The third-order valence-corrected chi connectivity index (χ3v) is 2.93. The largest absolute Gasteiger partial charge is 0.347 e. The van der Waals surface area contributed by atoms with Crippen LogP contribution in [0.2, 0.25) is 0 Å². The molecule has 2 unspecified atom stereocenters. The molecule has 0 saturated carbocycles. The molecule has 0 spiro atoms. The van der Waals surface area contributed by atoms with Gasteiger partial charge in [-0.05, 0) is 32.8 Å². The van der Waals surface area contributed by atoms with Gasteiger partial charge in [-0.25, -0.2) is 0 Å². The maximum atomic E-state index is 5.93. The van der Waals surface area contributed by atoms with Gasteiger partial charge in [-0.2, -0.15) is 0 Å². The van der Waals surface area contributed by atoms with Crippen molar-refractivity contribution in [1.82, 2.24) is 0 Å². The van der Waals surface area contributed by atoms with Crippen LogP contribution in [-0.2, 0) is 15.9 Å². The summed E-state index contributed by atoms with van der Waals surface area (Å²) < 4.78 is 11.9. The van der Waals surface area contributed by atoms with Crippen LogP contribution in [-0.4, -0.2) is 18.0 Å². The Morgan fingerprint density at radius 1 is 1.12 bits per heavy atom. The topological polar surface area (TPSA) is 18.5 Å². The Bertz CT molecular complexity index is 324. The molecule has 2 nitrogen and oxygen atoms in total. The van der Waals surface area contributed by atoms with Crippen molar-refractivity contribution in [3.8, 4) is 0 Å². The van der Waals surface area contributed by atoms with E-state index in [0.717, 1.165) is 12.8 Å². The monoisotopic (exact) mass is 220 g/mol. The molecule has 2 heteroatoms. The van der Waals surface area contributed by atoms with Crippen LogP contribution in [0.4, 0.5) is 0 Å². The van der Waals surface area contributed by atoms with Crippen molar-refractivity contribution >= 4 is 0 Å². The van der Waals surface area contributed by atoms with Crippen molar-refractivity contribution in [1.29, 1.82) is 0 Å². The molecule has 1 heterocycles. The van der Waals surface area contributed by atoms with Crippen LogP contribution in [0.3, 0.4) is 0 Å². The van der Waals surface area contributed by atoms with Crippen molar-refractivity contribution in [3.05, 3.63) is 35.9 Å². The lowest BCUT2D eigenvalue weighted by Gasteiger charge is -2.41. The second-order valence-electron chi connectivity index (χ2n) is 4.89. The van der Waals surface area contributed by atoms with Gasteiger partial charge in [-0.15, -0.1) is 0 Å². The Morgan fingerprint density at radius 3 is 2.25 bits per heavy atom. The van der Waals surface area contributed by atoms with Gasteiger partial charge >= 0.3 is 0 Å². The molecule has 0 aromatic heterocycles. The lowest BCUT2D eigenvalue weighted by Crippen LogP contribution is -2.46. The third kappa shape index (κ3) is 2.83. The van der Waals surface area contributed by atoms with E-state index in [-0.39, 0.29) is 12.2 Å². The molecule has 0 amide bonds. The van der Waals surface area contributed by atoms with Crippen molar-refractivity contribution in [2.24, 2.45) is 0 Å².